The molecule has 2 aromatic heterocycles. The molecule has 0 aromatic carbocycles. The summed E-state index contributed by atoms with van der Waals surface area (Å²) in [6.07, 6.45) is -1.05. The molecule has 24 heavy (non-hydrogen) atoms. The molecule has 3 rings (SSSR count). The number of nitrogens with one attached hydrogen (secondary N) is 1. The molecule has 10 heteroatoms. The zero-order valence-corrected chi connectivity index (χ0v) is 13.1. The summed E-state index contributed by atoms with van der Waals surface area (Å²) in [6, 6.07) is 0. The average Bonchev–Trinajstić information content (AvgIpc) is 3.16. The molecule has 0 amide bonds. The van der Waals surface area contributed by atoms with Crippen molar-refractivity contribution in [3.8, 4) is 0 Å². The number of nitrogens with zero attached hydrogens (tertiary/aromatic N) is 3. The van der Waals surface area contributed by atoms with Gasteiger partial charge >= 0.3 is 12.1 Å². The summed E-state index contributed by atoms with van der Waals surface area (Å²) in [7, 11) is 0. The van der Waals surface area contributed by atoms with Gasteiger partial charge in [-0.2, -0.15) is 23.3 Å². The summed E-state index contributed by atoms with van der Waals surface area (Å²) >= 11 is 0. The summed E-state index contributed by atoms with van der Waals surface area (Å²) in [6.45, 7) is 4.11. The minimum absolute atomic E-state index is 0.557. The predicted octanol–water partition coefficient (Wildman–Crippen LogP) is 2.71. The highest BCUT2D eigenvalue weighted by Gasteiger charge is 2.38. The van der Waals surface area contributed by atoms with Crippen LogP contribution >= 0.6 is 0 Å². The summed E-state index contributed by atoms with van der Waals surface area (Å²) in [5.74, 6) is -0.587. The van der Waals surface area contributed by atoms with Gasteiger partial charge in [0.05, 0.1) is 5.69 Å². The Balaban J connectivity index is 0.000000256. The molecule has 0 atom stereocenters. The van der Waals surface area contributed by atoms with E-state index < -0.39 is 12.1 Å². The van der Waals surface area contributed by atoms with Gasteiger partial charge in [-0.3, -0.25) is 5.10 Å². The van der Waals surface area contributed by atoms with Gasteiger partial charge in [0, 0.05) is 24.5 Å². The highest BCUT2D eigenvalue weighted by Crippen LogP contribution is 2.38. The SMILES string of the molecule is Cc1[nH]nc(CCc2nc(C3CC3)no2)c1C.O=C(O)C(F)(F)F. The monoisotopic (exact) mass is 346 g/mol. The second-order valence-corrected chi connectivity index (χ2v) is 5.54. The maximum absolute atomic E-state index is 10.6. The molecule has 0 aliphatic heterocycles. The topological polar surface area (TPSA) is 105 Å². The maximum atomic E-state index is 10.6. The third kappa shape index (κ3) is 4.80. The van der Waals surface area contributed by atoms with Crippen LogP contribution in [0.2, 0.25) is 0 Å². The first-order valence-electron chi connectivity index (χ1n) is 7.31. The Labute approximate surface area is 135 Å². The summed E-state index contributed by atoms with van der Waals surface area (Å²) in [5, 5.41) is 18.4. The van der Waals surface area contributed by atoms with Crippen molar-refractivity contribution >= 4 is 5.97 Å². The van der Waals surface area contributed by atoms with Gasteiger partial charge in [-0.05, 0) is 32.3 Å². The minimum atomic E-state index is -5.08. The highest BCUT2D eigenvalue weighted by molar-refractivity contribution is 5.73. The van der Waals surface area contributed by atoms with Crippen LogP contribution in [-0.2, 0) is 17.6 Å². The molecule has 1 aliphatic rings. The summed E-state index contributed by atoms with van der Waals surface area (Å²) in [5.41, 5.74) is 3.45. The molecule has 2 aromatic rings. The Morgan fingerprint density at radius 2 is 1.96 bits per heavy atom. The van der Waals surface area contributed by atoms with Gasteiger partial charge in [0.2, 0.25) is 5.89 Å². The number of carboxylic acid groups (broad SMARTS) is 1. The fourth-order valence-corrected chi connectivity index (χ4v) is 1.88. The Kier molecular flexibility index (Phi) is 5.25. The van der Waals surface area contributed by atoms with E-state index >= 15 is 0 Å². The molecular formula is C14H17F3N4O3. The van der Waals surface area contributed by atoms with Gasteiger partial charge < -0.3 is 9.63 Å². The first kappa shape index (κ1) is 18.0. The molecule has 0 unspecified atom stereocenters. The van der Waals surface area contributed by atoms with Crippen molar-refractivity contribution in [1.29, 1.82) is 0 Å². The van der Waals surface area contributed by atoms with Crippen molar-refractivity contribution in [2.24, 2.45) is 0 Å². The molecule has 2 N–H and O–H groups in total. The van der Waals surface area contributed by atoms with E-state index in [1.807, 2.05) is 6.92 Å². The Morgan fingerprint density at radius 3 is 2.42 bits per heavy atom. The van der Waals surface area contributed by atoms with Crippen molar-refractivity contribution in [3.63, 3.8) is 0 Å². The zero-order valence-electron chi connectivity index (χ0n) is 13.1. The predicted molar refractivity (Wildman–Crippen MR) is 75.4 cm³/mol. The van der Waals surface area contributed by atoms with E-state index in [9.17, 15) is 13.2 Å². The van der Waals surface area contributed by atoms with Gasteiger partial charge in [0.1, 0.15) is 0 Å². The lowest BCUT2D eigenvalue weighted by molar-refractivity contribution is -0.192. The molecule has 0 bridgehead atoms. The fourth-order valence-electron chi connectivity index (χ4n) is 1.88. The molecule has 0 spiro atoms. The minimum Gasteiger partial charge on any atom is -0.475 e. The average molecular weight is 346 g/mol. The molecule has 1 saturated carbocycles. The maximum Gasteiger partial charge on any atom is 0.490 e. The fraction of sp³-hybridized carbons (Fsp3) is 0.571. The van der Waals surface area contributed by atoms with E-state index in [-0.39, 0.29) is 0 Å². The number of alkyl halides is 3. The van der Waals surface area contributed by atoms with Gasteiger partial charge in [0.25, 0.3) is 0 Å². The van der Waals surface area contributed by atoms with Crippen LogP contribution in [0.1, 0.15) is 47.4 Å². The third-order valence-electron chi connectivity index (χ3n) is 3.60. The zero-order chi connectivity index (χ0) is 17.9. The standard InChI is InChI=1S/C12H16N4O.C2HF3O2/c1-7-8(2)14-15-10(7)5-6-11-13-12(16-17-11)9-3-4-9;3-2(4,5)1(6)7/h9H,3-6H2,1-2H3,(H,14,15);(H,6,7). The number of carbonyl (C=O) groups is 1. The lowest BCUT2D eigenvalue weighted by atomic mass is 10.1. The molecule has 1 fully saturated rings. The van der Waals surface area contributed by atoms with E-state index in [0.717, 1.165) is 35.9 Å². The van der Waals surface area contributed by atoms with Crippen LogP contribution in [0.5, 0.6) is 0 Å². The number of aryl methyl sites for hydroxylation is 3. The largest absolute Gasteiger partial charge is 0.490 e. The molecule has 0 radical (unpaired) electrons. The van der Waals surface area contributed by atoms with E-state index in [2.05, 4.69) is 27.3 Å². The van der Waals surface area contributed by atoms with Crippen LogP contribution in [0.3, 0.4) is 0 Å². The van der Waals surface area contributed by atoms with Gasteiger partial charge in [-0.25, -0.2) is 4.79 Å². The van der Waals surface area contributed by atoms with Gasteiger partial charge in [-0.15, -0.1) is 0 Å². The Bertz CT molecular complexity index is 704. The molecule has 1 aliphatic carbocycles. The van der Waals surface area contributed by atoms with E-state index in [1.165, 1.54) is 18.4 Å². The molecule has 2 heterocycles. The van der Waals surface area contributed by atoms with Crippen LogP contribution in [0, 0.1) is 13.8 Å². The lowest BCUT2D eigenvalue weighted by Gasteiger charge is -1.94. The van der Waals surface area contributed by atoms with Crippen LogP contribution in [0.25, 0.3) is 0 Å². The highest BCUT2D eigenvalue weighted by atomic mass is 19.4. The number of hydrogen-bond donors (Lipinski definition) is 2. The third-order valence-corrected chi connectivity index (χ3v) is 3.60. The smallest absolute Gasteiger partial charge is 0.475 e. The van der Waals surface area contributed by atoms with Gasteiger partial charge in [-0.1, -0.05) is 5.16 Å². The van der Waals surface area contributed by atoms with E-state index in [4.69, 9.17) is 14.4 Å². The Hall–Kier alpha value is -2.39. The number of hydrogen-bond acceptors (Lipinski definition) is 5. The van der Waals surface area contributed by atoms with Crippen molar-refractivity contribution in [2.45, 2.75) is 51.6 Å². The summed E-state index contributed by atoms with van der Waals surface area (Å²) in [4.78, 5) is 13.3. The van der Waals surface area contributed by atoms with Crippen molar-refractivity contribution in [1.82, 2.24) is 20.3 Å². The quantitative estimate of drug-likeness (QED) is 0.882. The number of aromatic amines is 1. The number of halogens is 3. The summed E-state index contributed by atoms with van der Waals surface area (Å²) < 4.78 is 37.0. The first-order chi connectivity index (χ1) is 11.2. The van der Waals surface area contributed by atoms with Crippen LogP contribution in [0.15, 0.2) is 4.52 Å². The second-order valence-electron chi connectivity index (χ2n) is 5.54. The van der Waals surface area contributed by atoms with Crippen LogP contribution < -0.4 is 0 Å². The normalized spacial score (nSPS) is 14.2. The molecule has 7 nitrogen and oxygen atoms in total. The molecule has 132 valence electrons. The Morgan fingerprint density at radius 1 is 1.33 bits per heavy atom. The van der Waals surface area contributed by atoms with Crippen molar-refractivity contribution < 1.29 is 27.6 Å². The van der Waals surface area contributed by atoms with E-state index in [1.54, 1.807) is 0 Å². The van der Waals surface area contributed by atoms with Gasteiger partial charge in [0.15, 0.2) is 5.82 Å². The number of aliphatic carboxylic acids is 1. The number of aromatic nitrogens is 4. The number of rotatable bonds is 4. The first-order valence-corrected chi connectivity index (χ1v) is 7.31. The van der Waals surface area contributed by atoms with Crippen LogP contribution in [-0.4, -0.2) is 37.6 Å². The number of H-pyrrole nitrogens is 1. The van der Waals surface area contributed by atoms with Crippen molar-refractivity contribution in [2.75, 3.05) is 0 Å². The second kappa shape index (κ2) is 7.02. The molecular weight excluding hydrogens is 329 g/mol. The molecule has 0 saturated heterocycles. The van der Waals surface area contributed by atoms with E-state index in [0.29, 0.717) is 5.92 Å². The van der Waals surface area contributed by atoms with Crippen LogP contribution in [0.4, 0.5) is 13.2 Å². The number of carboxylic acids is 1. The lowest BCUT2D eigenvalue weighted by Crippen LogP contribution is -2.21. The van der Waals surface area contributed by atoms with Crippen molar-refractivity contribution in [3.05, 3.63) is 28.7 Å².